The van der Waals surface area contributed by atoms with Gasteiger partial charge in [0.1, 0.15) is 6.04 Å². The van der Waals surface area contributed by atoms with Crippen LogP contribution >= 0.6 is 0 Å². The minimum Gasteiger partial charge on any atom is -0.480 e. The van der Waals surface area contributed by atoms with Crippen molar-refractivity contribution in [2.24, 2.45) is 0 Å². The molecule has 5 heteroatoms. The second-order valence-corrected chi connectivity index (χ2v) is 4.40. The van der Waals surface area contributed by atoms with E-state index in [1.54, 1.807) is 19.0 Å². The Hall–Kier alpha value is -1.10. The zero-order valence-electron chi connectivity index (χ0n) is 11.3. The fourth-order valence-corrected chi connectivity index (χ4v) is 1.68. The summed E-state index contributed by atoms with van der Waals surface area (Å²) in [5, 5.41) is 9.19. The summed E-state index contributed by atoms with van der Waals surface area (Å²) in [5.41, 5.74) is 0. The van der Waals surface area contributed by atoms with Crippen LogP contribution in [0.25, 0.3) is 0 Å². The maximum absolute atomic E-state index is 11.7. The van der Waals surface area contributed by atoms with Crippen molar-refractivity contribution in [2.45, 2.75) is 39.2 Å². The number of carbonyl (C=O) groups is 2. The van der Waals surface area contributed by atoms with Gasteiger partial charge in [-0.05, 0) is 19.4 Å². The van der Waals surface area contributed by atoms with Crippen molar-refractivity contribution in [3.8, 4) is 0 Å². The molecular weight excluding hydrogens is 220 g/mol. The third-order valence-corrected chi connectivity index (χ3v) is 2.64. The van der Waals surface area contributed by atoms with Crippen LogP contribution in [0.5, 0.6) is 0 Å². The summed E-state index contributed by atoms with van der Waals surface area (Å²) in [5.74, 6) is -0.896. The summed E-state index contributed by atoms with van der Waals surface area (Å²) in [6.07, 6.45) is 2.22. The molecule has 0 aromatic rings. The largest absolute Gasteiger partial charge is 0.480 e. The Morgan fingerprint density at radius 3 is 2.12 bits per heavy atom. The highest BCUT2D eigenvalue weighted by atomic mass is 16.4. The third kappa shape index (κ3) is 5.68. The van der Waals surface area contributed by atoms with E-state index in [4.69, 9.17) is 0 Å². The zero-order valence-corrected chi connectivity index (χ0v) is 11.3. The van der Waals surface area contributed by atoms with Crippen LogP contribution < -0.4 is 0 Å². The van der Waals surface area contributed by atoms with Crippen LogP contribution in [-0.4, -0.2) is 60.0 Å². The Morgan fingerprint density at radius 2 is 1.76 bits per heavy atom. The van der Waals surface area contributed by atoms with Crippen molar-refractivity contribution in [1.82, 2.24) is 9.80 Å². The van der Waals surface area contributed by atoms with Crippen LogP contribution in [0.4, 0.5) is 0 Å². The molecule has 0 aliphatic carbocycles. The minimum atomic E-state index is -0.841. The Morgan fingerprint density at radius 1 is 1.18 bits per heavy atom. The molecule has 0 aromatic heterocycles. The van der Waals surface area contributed by atoms with Crippen molar-refractivity contribution in [2.75, 3.05) is 27.2 Å². The van der Waals surface area contributed by atoms with Gasteiger partial charge in [-0.1, -0.05) is 20.3 Å². The topological polar surface area (TPSA) is 60.9 Å². The van der Waals surface area contributed by atoms with Gasteiger partial charge in [0, 0.05) is 14.1 Å². The van der Waals surface area contributed by atoms with Gasteiger partial charge in [0.2, 0.25) is 5.91 Å². The number of hydrogen-bond acceptors (Lipinski definition) is 3. The van der Waals surface area contributed by atoms with Crippen molar-refractivity contribution < 1.29 is 14.7 Å². The lowest BCUT2D eigenvalue weighted by atomic mass is 10.1. The van der Waals surface area contributed by atoms with Gasteiger partial charge >= 0.3 is 5.97 Å². The lowest BCUT2D eigenvalue weighted by Gasteiger charge is -2.28. The monoisotopic (exact) mass is 244 g/mol. The summed E-state index contributed by atoms with van der Waals surface area (Å²) in [4.78, 5) is 26.1. The lowest BCUT2D eigenvalue weighted by Crippen LogP contribution is -2.46. The Labute approximate surface area is 103 Å². The van der Waals surface area contributed by atoms with Crippen LogP contribution in [0.2, 0.25) is 0 Å². The molecule has 0 aliphatic rings. The molecule has 0 rings (SSSR count). The predicted molar refractivity (Wildman–Crippen MR) is 66.9 cm³/mol. The minimum absolute atomic E-state index is 0.0548. The van der Waals surface area contributed by atoms with E-state index in [1.165, 1.54) is 4.90 Å². The van der Waals surface area contributed by atoms with Crippen molar-refractivity contribution in [3.63, 3.8) is 0 Å². The second-order valence-electron chi connectivity index (χ2n) is 4.40. The van der Waals surface area contributed by atoms with Gasteiger partial charge in [-0.2, -0.15) is 0 Å². The predicted octanol–water partition coefficient (Wildman–Crippen LogP) is 1.04. The van der Waals surface area contributed by atoms with E-state index in [0.717, 1.165) is 12.8 Å². The maximum Gasteiger partial charge on any atom is 0.320 e. The molecule has 0 fully saturated rings. The molecule has 1 N–H and O–H groups in total. The highest BCUT2D eigenvalue weighted by Crippen LogP contribution is 2.09. The number of hydrogen-bond donors (Lipinski definition) is 1. The molecule has 0 saturated heterocycles. The van der Waals surface area contributed by atoms with E-state index < -0.39 is 12.0 Å². The van der Waals surface area contributed by atoms with E-state index in [0.29, 0.717) is 13.0 Å². The number of carboxylic acid groups (broad SMARTS) is 1. The van der Waals surface area contributed by atoms with Crippen molar-refractivity contribution in [3.05, 3.63) is 0 Å². The van der Waals surface area contributed by atoms with Crippen molar-refractivity contribution in [1.29, 1.82) is 0 Å². The maximum atomic E-state index is 11.7. The first-order valence-corrected chi connectivity index (χ1v) is 6.11. The summed E-state index contributed by atoms with van der Waals surface area (Å²) < 4.78 is 0. The number of carbonyl (C=O) groups excluding carboxylic acids is 1. The number of amides is 1. The Bertz CT molecular complexity index is 254. The SMILES string of the molecule is CCCC(C(=O)O)N(CCC)CC(=O)N(C)C. The molecule has 0 aliphatic heterocycles. The number of carboxylic acids is 1. The summed E-state index contributed by atoms with van der Waals surface area (Å²) in [6, 6.07) is -0.552. The van der Waals surface area contributed by atoms with E-state index in [1.807, 2.05) is 13.8 Å². The normalized spacial score (nSPS) is 12.5. The summed E-state index contributed by atoms with van der Waals surface area (Å²) >= 11 is 0. The fraction of sp³-hybridized carbons (Fsp3) is 0.833. The molecule has 0 radical (unpaired) electrons. The Kier molecular flexibility index (Phi) is 7.54. The zero-order chi connectivity index (χ0) is 13.4. The van der Waals surface area contributed by atoms with Gasteiger partial charge in [0.05, 0.1) is 6.54 Å². The van der Waals surface area contributed by atoms with E-state index >= 15 is 0 Å². The molecule has 0 saturated carbocycles. The molecule has 0 bridgehead atoms. The molecule has 0 heterocycles. The van der Waals surface area contributed by atoms with Gasteiger partial charge < -0.3 is 10.0 Å². The van der Waals surface area contributed by atoms with Gasteiger partial charge in [0.15, 0.2) is 0 Å². The molecular formula is C12H24N2O3. The van der Waals surface area contributed by atoms with Gasteiger partial charge in [-0.15, -0.1) is 0 Å². The van der Waals surface area contributed by atoms with Gasteiger partial charge in [-0.3, -0.25) is 14.5 Å². The first-order valence-electron chi connectivity index (χ1n) is 6.11. The molecule has 1 unspecified atom stereocenters. The Balaban J connectivity index is 4.66. The van der Waals surface area contributed by atoms with E-state index in [9.17, 15) is 14.7 Å². The molecule has 1 atom stereocenters. The van der Waals surface area contributed by atoms with Gasteiger partial charge in [-0.25, -0.2) is 0 Å². The molecule has 17 heavy (non-hydrogen) atoms. The first kappa shape index (κ1) is 15.9. The number of rotatable bonds is 8. The van der Waals surface area contributed by atoms with Crippen LogP contribution in [0.1, 0.15) is 33.1 Å². The molecule has 100 valence electrons. The second kappa shape index (κ2) is 8.06. The van der Waals surface area contributed by atoms with Gasteiger partial charge in [0.25, 0.3) is 0 Å². The van der Waals surface area contributed by atoms with Crippen LogP contribution in [-0.2, 0) is 9.59 Å². The standard InChI is InChI=1S/C12H24N2O3/c1-5-7-10(12(16)17)14(8-6-2)9-11(15)13(3)4/h10H,5-9H2,1-4H3,(H,16,17). The third-order valence-electron chi connectivity index (χ3n) is 2.64. The molecule has 0 spiro atoms. The van der Waals surface area contributed by atoms with Crippen LogP contribution in [0, 0.1) is 0 Å². The van der Waals surface area contributed by atoms with Crippen LogP contribution in [0.3, 0.4) is 0 Å². The molecule has 0 aromatic carbocycles. The number of nitrogens with zero attached hydrogens (tertiary/aromatic N) is 2. The molecule has 5 nitrogen and oxygen atoms in total. The summed E-state index contributed by atoms with van der Waals surface area (Å²) in [7, 11) is 3.37. The van der Waals surface area contributed by atoms with Crippen LogP contribution in [0.15, 0.2) is 0 Å². The highest BCUT2D eigenvalue weighted by Gasteiger charge is 2.26. The average molecular weight is 244 g/mol. The van der Waals surface area contributed by atoms with E-state index in [2.05, 4.69) is 0 Å². The quantitative estimate of drug-likeness (QED) is 0.693. The van der Waals surface area contributed by atoms with Crippen molar-refractivity contribution >= 4 is 11.9 Å². The lowest BCUT2D eigenvalue weighted by molar-refractivity contribution is -0.145. The fourth-order valence-electron chi connectivity index (χ4n) is 1.68. The highest BCUT2D eigenvalue weighted by molar-refractivity contribution is 5.79. The molecule has 1 amide bonds. The summed E-state index contributed by atoms with van der Waals surface area (Å²) in [6.45, 7) is 4.75. The smallest absolute Gasteiger partial charge is 0.320 e. The van der Waals surface area contributed by atoms with E-state index in [-0.39, 0.29) is 12.5 Å². The number of likely N-dealkylation sites (N-methyl/N-ethyl adjacent to an activating group) is 1. The number of aliphatic carboxylic acids is 1. The first-order chi connectivity index (χ1) is 7.93. The average Bonchev–Trinajstić information content (AvgIpc) is 2.24.